The first-order valence-electron chi connectivity index (χ1n) is 5.44. The van der Waals surface area contributed by atoms with Gasteiger partial charge in [0.2, 0.25) is 0 Å². The molecule has 2 rings (SSSR count). The molecular weight excluding hydrogens is 226 g/mol. The van der Waals surface area contributed by atoms with Crippen LogP contribution in [0.5, 0.6) is 0 Å². The fourth-order valence-electron chi connectivity index (χ4n) is 1.37. The van der Waals surface area contributed by atoms with Gasteiger partial charge in [-0.2, -0.15) is 5.10 Å². The molecule has 1 saturated carbocycles. The third kappa shape index (κ3) is 2.55. The van der Waals surface area contributed by atoms with Crippen LogP contribution in [0.4, 0.5) is 5.69 Å². The van der Waals surface area contributed by atoms with Crippen molar-refractivity contribution in [1.29, 1.82) is 0 Å². The van der Waals surface area contributed by atoms with Gasteiger partial charge in [0, 0.05) is 5.75 Å². The first kappa shape index (κ1) is 11.4. The Morgan fingerprint density at radius 1 is 1.69 bits per heavy atom. The Balaban J connectivity index is 2.16. The van der Waals surface area contributed by atoms with E-state index < -0.39 is 0 Å². The van der Waals surface area contributed by atoms with Gasteiger partial charge < -0.3 is 0 Å². The number of hydrogen-bond acceptors (Lipinski definition) is 4. The summed E-state index contributed by atoms with van der Waals surface area (Å²) in [6.45, 7) is 4.19. The molecular formula is C10H15N3O2S. The fraction of sp³-hybridized carbons (Fsp3) is 0.700. The molecule has 6 heteroatoms. The average molecular weight is 241 g/mol. The van der Waals surface area contributed by atoms with Crippen molar-refractivity contribution in [2.24, 2.45) is 5.92 Å². The maximum absolute atomic E-state index is 10.9. The van der Waals surface area contributed by atoms with E-state index in [0.29, 0.717) is 17.0 Å². The lowest BCUT2D eigenvalue weighted by Crippen LogP contribution is -1.95. The van der Waals surface area contributed by atoms with Crippen LogP contribution in [0.3, 0.4) is 0 Å². The first-order valence-corrected chi connectivity index (χ1v) is 6.43. The molecule has 0 spiro atoms. The number of nitrogens with zero attached hydrogens (tertiary/aromatic N) is 3. The second kappa shape index (κ2) is 4.45. The highest BCUT2D eigenvalue weighted by atomic mass is 32.2. The minimum atomic E-state index is -0.339. The van der Waals surface area contributed by atoms with Crippen LogP contribution >= 0.6 is 11.8 Å². The number of hydrogen-bond donors (Lipinski definition) is 0. The summed E-state index contributed by atoms with van der Waals surface area (Å²) in [5, 5.41) is 15.7. The Bertz CT molecular complexity index is 399. The minimum Gasteiger partial charge on any atom is -0.261 e. The molecule has 0 amide bonds. The molecule has 16 heavy (non-hydrogen) atoms. The van der Waals surface area contributed by atoms with Crippen molar-refractivity contribution in [1.82, 2.24) is 9.78 Å². The maximum Gasteiger partial charge on any atom is 0.320 e. The molecule has 1 aliphatic carbocycles. The molecule has 0 bridgehead atoms. The second-order valence-electron chi connectivity index (χ2n) is 4.49. The highest BCUT2D eigenvalue weighted by Gasteiger charge is 2.29. The Hall–Kier alpha value is -1.04. The largest absolute Gasteiger partial charge is 0.320 e. The molecule has 1 fully saturated rings. The van der Waals surface area contributed by atoms with Crippen molar-refractivity contribution in [3.05, 3.63) is 16.3 Å². The van der Waals surface area contributed by atoms with E-state index in [1.54, 1.807) is 10.9 Å². The van der Waals surface area contributed by atoms with Crippen molar-refractivity contribution in [3.63, 3.8) is 0 Å². The van der Waals surface area contributed by atoms with Gasteiger partial charge in [0.1, 0.15) is 6.20 Å². The van der Waals surface area contributed by atoms with Gasteiger partial charge in [0.05, 0.1) is 11.0 Å². The summed E-state index contributed by atoms with van der Waals surface area (Å²) in [4.78, 5) is 10.5. The lowest BCUT2D eigenvalue weighted by molar-refractivity contribution is -0.387. The molecule has 0 radical (unpaired) electrons. The van der Waals surface area contributed by atoms with Crippen molar-refractivity contribution in [2.75, 3.05) is 5.75 Å². The topological polar surface area (TPSA) is 61.0 Å². The Labute approximate surface area is 98.4 Å². The van der Waals surface area contributed by atoms with Crippen LogP contribution in [-0.2, 0) is 0 Å². The summed E-state index contributed by atoms with van der Waals surface area (Å²) in [5.74, 6) is 1.37. The Kier molecular flexibility index (Phi) is 3.18. The van der Waals surface area contributed by atoms with Gasteiger partial charge in [-0.3, -0.25) is 14.8 Å². The highest BCUT2D eigenvalue weighted by molar-refractivity contribution is 7.99. The third-order valence-corrected chi connectivity index (χ3v) is 3.75. The minimum absolute atomic E-state index is 0.151. The average Bonchev–Trinajstić information content (AvgIpc) is 2.95. The van der Waals surface area contributed by atoms with Crippen molar-refractivity contribution >= 4 is 17.4 Å². The van der Waals surface area contributed by atoms with E-state index in [0.717, 1.165) is 18.6 Å². The van der Waals surface area contributed by atoms with Crippen LogP contribution in [-0.4, -0.2) is 20.5 Å². The summed E-state index contributed by atoms with van der Waals surface area (Å²) in [5.41, 5.74) is 0.151. The van der Waals surface area contributed by atoms with E-state index in [2.05, 4.69) is 18.9 Å². The predicted molar refractivity (Wildman–Crippen MR) is 62.7 cm³/mol. The van der Waals surface area contributed by atoms with Crippen LogP contribution < -0.4 is 0 Å². The maximum atomic E-state index is 10.9. The zero-order valence-electron chi connectivity index (χ0n) is 9.42. The smallest absolute Gasteiger partial charge is 0.261 e. The molecule has 0 aromatic carbocycles. The molecule has 0 aliphatic heterocycles. The van der Waals surface area contributed by atoms with E-state index in [1.165, 1.54) is 11.8 Å². The molecule has 0 N–H and O–H groups in total. The van der Waals surface area contributed by atoms with Gasteiger partial charge in [-0.05, 0) is 18.8 Å². The number of nitro groups is 1. The van der Waals surface area contributed by atoms with Gasteiger partial charge >= 0.3 is 5.69 Å². The molecule has 0 atom stereocenters. The van der Waals surface area contributed by atoms with Gasteiger partial charge in [-0.15, -0.1) is 0 Å². The Morgan fingerprint density at radius 3 is 2.88 bits per heavy atom. The number of rotatable bonds is 5. The van der Waals surface area contributed by atoms with E-state index in [4.69, 9.17) is 0 Å². The number of aromatic nitrogens is 2. The van der Waals surface area contributed by atoms with Gasteiger partial charge in [-0.1, -0.05) is 25.6 Å². The van der Waals surface area contributed by atoms with E-state index in [-0.39, 0.29) is 10.6 Å². The van der Waals surface area contributed by atoms with E-state index in [1.807, 2.05) is 0 Å². The molecule has 0 unspecified atom stereocenters. The zero-order chi connectivity index (χ0) is 11.7. The summed E-state index contributed by atoms with van der Waals surface area (Å²) in [7, 11) is 0. The molecule has 0 saturated heterocycles. The number of thioether (sulfide) groups is 1. The third-order valence-electron chi connectivity index (χ3n) is 2.35. The monoisotopic (exact) mass is 241 g/mol. The second-order valence-corrected chi connectivity index (χ2v) is 5.50. The molecule has 88 valence electrons. The standard InChI is InChI=1S/C10H15N3O2S/c1-7(2)6-16-10-9(13(14)15)5-12(11-10)8-3-4-8/h5,7-8H,3-4,6H2,1-2H3. The highest BCUT2D eigenvalue weighted by Crippen LogP contribution is 2.38. The SMILES string of the molecule is CC(C)CSc1nn(C2CC2)cc1[N+](=O)[O-]. The summed E-state index contributed by atoms with van der Waals surface area (Å²) >= 11 is 1.48. The predicted octanol–water partition coefficient (Wildman–Crippen LogP) is 2.87. The first-order chi connectivity index (χ1) is 7.58. The summed E-state index contributed by atoms with van der Waals surface area (Å²) < 4.78 is 1.75. The quantitative estimate of drug-likeness (QED) is 0.452. The zero-order valence-corrected chi connectivity index (χ0v) is 10.2. The molecule has 1 heterocycles. The molecule has 1 aromatic heterocycles. The van der Waals surface area contributed by atoms with Crippen molar-refractivity contribution < 1.29 is 4.92 Å². The van der Waals surface area contributed by atoms with Gasteiger partial charge in [0.15, 0.2) is 5.03 Å². The lowest BCUT2D eigenvalue weighted by atomic mass is 10.3. The fourth-order valence-corrected chi connectivity index (χ4v) is 2.28. The van der Waals surface area contributed by atoms with Gasteiger partial charge in [0.25, 0.3) is 0 Å². The van der Waals surface area contributed by atoms with Crippen molar-refractivity contribution in [2.45, 2.75) is 37.8 Å². The van der Waals surface area contributed by atoms with Crippen LogP contribution in [0.25, 0.3) is 0 Å². The Morgan fingerprint density at radius 2 is 2.38 bits per heavy atom. The van der Waals surface area contributed by atoms with Crippen LogP contribution in [0.2, 0.25) is 0 Å². The van der Waals surface area contributed by atoms with Gasteiger partial charge in [-0.25, -0.2) is 0 Å². The molecule has 5 nitrogen and oxygen atoms in total. The van der Waals surface area contributed by atoms with E-state index in [9.17, 15) is 10.1 Å². The summed E-state index contributed by atoms with van der Waals surface area (Å²) in [6.07, 6.45) is 3.75. The molecule has 1 aliphatic rings. The van der Waals surface area contributed by atoms with Crippen LogP contribution in [0, 0.1) is 16.0 Å². The van der Waals surface area contributed by atoms with Crippen molar-refractivity contribution in [3.8, 4) is 0 Å². The van der Waals surface area contributed by atoms with Crippen LogP contribution in [0.15, 0.2) is 11.2 Å². The van der Waals surface area contributed by atoms with Crippen LogP contribution in [0.1, 0.15) is 32.7 Å². The van der Waals surface area contributed by atoms with E-state index >= 15 is 0 Å². The summed E-state index contributed by atoms with van der Waals surface area (Å²) in [6, 6.07) is 0.395. The normalized spacial score (nSPS) is 15.7. The molecule has 1 aromatic rings. The lowest BCUT2D eigenvalue weighted by Gasteiger charge is -2.00.